The number of aliphatic carboxylic acids is 1. The van der Waals surface area contributed by atoms with E-state index >= 15 is 0 Å². The second-order valence-corrected chi connectivity index (χ2v) is 7.00. The Morgan fingerprint density at radius 2 is 1.69 bits per heavy atom. The summed E-state index contributed by atoms with van der Waals surface area (Å²) in [5.74, 6) is -4.01. The van der Waals surface area contributed by atoms with Crippen LogP contribution < -0.4 is 27.0 Å². The molecule has 8 N–H and O–H groups in total. The molecule has 0 aliphatic heterocycles. The highest BCUT2D eigenvalue weighted by Crippen LogP contribution is 2.18. The lowest BCUT2D eigenvalue weighted by molar-refractivity contribution is -0.140. The number of carboxylic acids is 1. The first kappa shape index (κ1) is 24.3. The average Bonchev–Trinajstić information content (AvgIpc) is 3.17. The zero-order valence-electron chi connectivity index (χ0n) is 17.4. The Morgan fingerprint density at radius 3 is 2.38 bits per heavy atom. The van der Waals surface area contributed by atoms with Crippen molar-refractivity contribution >= 4 is 40.5 Å². The number of H-pyrrole nitrogens is 1. The van der Waals surface area contributed by atoms with Crippen LogP contribution in [-0.2, 0) is 30.4 Å². The number of carbonyl (C=O) groups is 5. The van der Waals surface area contributed by atoms with E-state index in [1.807, 2.05) is 24.3 Å². The van der Waals surface area contributed by atoms with E-state index in [0.717, 1.165) is 16.5 Å². The molecule has 0 aliphatic carbocycles. The number of nitrogens with two attached hydrogens (primary N) is 1. The standard InChI is InChI=1S/C20H26N6O6/c1-22-16(27)9-25-20(32)15(7-18(29)30)26-17(28)10-24-19(31)13(21)6-11-8-23-14-5-3-2-4-12(11)14/h2-5,8,13,15,23H,6-7,9-10,21H2,1H3,(H,22,27)(H,24,31)(H,25,32)(H,26,28)(H,29,30)/t13-,15?/m0/s1. The molecule has 2 aromatic rings. The van der Waals surface area contributed by atoms with Crippen molar-refractivity contribution in [1.82, 2.24) is 26.3 Å². The van der Waals surface area contributed by atoms with E-state index in [-0.39, 0.29) is 13.0 Å². The summed E-state index contributed by atoms with van der Waals surface area (Å²) in [6.07, 6.45) is 1.30. The summed E-state index contributed by atoms with van der Waals surface area (Å²) >= 11 is 0. The summed E-state index contributed by atoms with van der Waals surface area (Å²) in [6, 6.07) is 5.21. The molecule has 0 bridgehead atoms. The first-order valence-corrected chi connectivity index (χ1v) is 9.79. The first-order chi connectivity index (χ1) is 15.2. The fourth-order valence-corrected chi connectivity index (χ4v) is 2.94. The third kappa shape index (κ3) is 7.09. The number of aromatic nitrogens is 1. The minimum atomic E-state index is -1.42. The molecule has 32 heavy (non-hydrogen) atoms. The number of hydrogen-bond acceptors (Lipinski definition) is 6. The minimum absolute atomic E-state index is 0.237. The lowest BCUT2D eigenvalue weighted by Crippen LogP contribution is -2.52. The Kier molecular flexibility index (Phi) is 8.72. The number of aromatic amines is 1. The number of para-hydroxylation sites is 1. The second kappa shape index (κ2) is 11.5. The van der Waals surface area contributed by atoms with Gasteiger partial charge in [-0.05, 0) is 18.1 Å². The van der Waals surface area contributed by atoms with Crippen LogP contribution in [0.2, 0.25) is 0 Å². The third-order valence-electron chi connectivity index (χ3n) is 4.61. The predicted molar refractivity (Wildman–Crippen MR) is 114 cm³/mol. The predicted octanol–water partition coefficient (Wildman–Crippen LogP) is -2.02. The van der Waals surface area contributed by atoms with Crippen molar-refractivity contribution in [2.24, 2.45) is 5.73 Å². The van der Waals surface area contributed by atoms with Gasteiger partial charge in [-0.2, -0.15) is 0 Å². The average molecular weight is 446 g/mol. The highest BCUT2D eigenvalue weighted by Gasteiger charge is 2.24. The number of carbonyl (C=O) groups excluding carboxylic acids is 4. The van der Waals surface area contributed by atoms with E-state index in [1.165, 1.54) is 7.05 Å². The van der Waals surface area contributed by atoms with Gasteiger partial charge in [0, 0.05) is 24.1 Å². The van der Waals surface area contributed by atoms with E-state index in [1.54, 1.807) is 6.20 Å². The van der Waals surface area contributed by atoms with Gasteiger partial charge in [0.15, 0.2) is 0 Å². The Balaban J connectivity index is 1.86. The van der Waals surface area contributed by atoms with E-state index in [9.17, 15) is 24.0 Å². The van der Waals surface area contributed by atoms with Crippen LogP contribution in [0.4, 0.5) is 0 Å². The zero-order valence-corrected chi connectivity index (χ0v) is 17.4. The number of nitrogens with one attached hydrogen (secondary N) is 5. The molecule has 0 aliphatic rings. The number of amides is 4. The Hall–Kier alpha value is -3.93. The largest absolute Gasteiger partial charge is 0.481 e. The van der Waals surface area contributed by atoms with Gasteiger partial charge in [-0.15, -0.1) is 0 Å². The number of benzene rings is 1. The fourth-order valence-electron chi connectivity index (χ4n) is 2.94. The molecule has 12 nitrogen and oxygen atoms in total. The van der Waals surface area contributed by atoms with Crippen molar-refractivity contribution in [3.05, 3.63) is 36.0 Å². The fraction of sp³-hybridized carbons (Fsp3) is 0.350. The van der Waals surface area contributed by atoms with Crippen molar-refractivity contribution in [3.8, 4) is 0 Å². The third-order valence-corrected chi connectivity index (χ3v) is 4.61. The summed E-state index contributed by atoms with van der Waals surface area (Å²) < 4.78 is 0. The van der Waals surface area contributed by atoms with E-state index in [2.05, 4.69) is 26.3 Å². The molecule has 0 saturated carbocycles. The highest BCUT2D eigenvalue weighted by atomic mass is 16.4. The van der Waals surface area contributed by atoms with Gasteiger partial charge in [0.2, 0.25) is 23.6 Å². The molecular formula is C20H26N6O6. The molecule has 12 heteroatoms. The molecular weight excluding hydrogens is 420 g/mol. The quantitative estimate of drug-likeness (QED) is 0.207. The summed E-state index contributed by atoms with van der Waals surface area (Å²) in [7, 11) is 1.37. The van der Waals surface area contributed by atoms with Crippen LogP contribution in [0.5, 0.6) is 0 Å². The maximum Gasteiger partial charge on any atom is 0.305 e. The van der Waals surface area contributed by atoms with Gasteiger partial charge in [0.05, 0.1) is 25.6 Å². The monoisotopic (exact) mass is 446 g/mol. The number of likely N-dealkylation sites (N-methyl/N-ethyl adjacent to an activating group) is 1. The van der Waals surface area contributed by atoms with Gasteiger partial charge < -0.3 is 37.1 Å². The molecule has 1 heterocycles. The van der Waals surface area contributed by atoms with Crippen LogP contribution in [0.3, 0.4) is 0 Å². The van der Waals surface area contributed by atoms with E-state index in [4.69, 9.17) is 10.8 Å². The van der Waals surface area contributed by atoms with Gasteiger partial charge in [-0.3, -0.25) is 24.0 Å². The molecule has 0 spiro atoms. The summed E-state index contributed by atoms with van der Waals surface area (Å²) in [5, 5.41) is 19.0. The Bertz CT molecular complexity index is 1000. The van der Waals surface area contributed by atoms with Crippen molar-refractivity contribution < 1.29 is 29.1 Å². The van der Waals surface area contributed by atoms with Crippen LogP contribution in [0.15, 0.2) is 30.5 Å². The molecule has 0 radical (unpaired) electrons. The summed E-state index contributed by atoms with van der Waals surface area (Å²) in [6.45, 7) is -0.875. The molecule has 1 aromatic carbocycles. The van der Waals surface area contributed by atoms with Crippen molar-refractivity contribution in [2.75, 3.05) is 20.1 Å². The topological polar surface area (TPSA) is 196 Å². The molecule has 0 saturated heterocycles. The molecule has 0 fully saturated rings. The SMILES string of the molecule is CNC(=O)CNC(=O)C(CC(=O)O)NC(=O)CNC(=O)[C@@H](N)Cc1c[nH]c2ccccc12. The molecule has 172 valence electrons. The Labute approximate surface area is 183 Å². The molecule has 2 rings (SSSR count). The van der Waals surface area contributed by atoms with Gasteiger partial charge in [-0.25, -0.2) is 0 Å². The number of carboxylic acid groups (broad SMARTS) is 1. The van der Waals surface area contributed by atoms with Crippen LogP contribution in [0.1, 0.15) is 12.0 Å². The molecule has 1 unspecified atom stereocenters. The maximum absolute atomic E-state index is 12.3. The van der Waals surface area contributed by atoms with E-state index < -0.39 is 54.6 Å². The first-order valence-electron chi connectivity index (χ1n) is 9.79. The van der Waals surface area contributed by atoms with Crippen molar-refractivity contribution in [1.29, 1.82) is 0 Å². The van der Waals surface area contributed by atoms with Gasteiger partial charge in [0.25, 0.3) is 0 Å². The summed E-state index contributed by atoms with van der Waals surface area (Å²) in [5.41, 5.74) is 7.70. The minimum Gasteiger partial charge on any atom is -0.481 e. The number of fused-ring (bicyclic) bond motifs is 1. The summed E-state index contributed by atoms with van der Waals surface area (Å²) in [4.78, 5) is 61.8. The maximum atomic E-state index is 12.3. The Morgan fingerprint density at radius 1 is 1.03 bits per heavy atom. The number of rotatable bonds is 11. The van der Waals surface area contributed by atoms with Gasteiger partial charge in [0.1, 0.15) is 6.04 Å². The number of hydrogen-bond donors (Lipinski definition) is 7. The molecule has 2 atom stereocenters. The lowest BCUT2D eigenvalue weighted by atomic mass is 10.1. The van der Waals surface area contributed by atoms with Crippen LogP contribution in [0.25, 0.3) is 10.9 Å². The van der Waals surface area contributed by atoms with Crippen molar-refractivity contribution in [3.63, 3.8) is 0 Å². The van der Waals surface area contributed by atoms with Gasteiger partial charge in [-0.1, -0.05) is 18.2 Å². The van der Waals surface area contributed by atoms with Crippen molar-refractivity contribution in [2.45, 2.75) is 24.9 Å². The van der Waals surface area contributed by atoms with E-state index in [0.29, 0.717) is 0 Å². The molecule has 4 amide bonds. The molecule has 1 aromatic heterocycles. The van der Waals surface area contributed by atoms with Crippen LogP contribution in [-0.4, -0.2) is 71.9 Å². The smallest absolute Gasteiger partial charge is 0.305 e. The van der Waals surface area contributed by atoms with Crippen LogP contribution in [0, 0.1) is 0 Å². The second-order valence-electron chi connectivity index (χ2n) is 7.00. The van der Waals surface area contributed by atoms with Gasteiger partial charge >= 0.3 is 5.97 Å². The lowest BCUT2D eigenvalue weighted by Gasteiger charge is -2.17. The normalized spacial score (nSPS) is 12.4. The van der Waals surface area contributed by atoms with Crippen LogP contribution >= 0.6 is 0 Å². The zero-order chi connectivity index (χ0) is 23.7. The highest BCUT2D eigenvalue weighted by molar-refractivity contribution is 5.94.